The van der Waals surface area contributed by atoms with Crippen molar-refractivity contribution in [2.75, 3.05) is 12.4 Å². The minimum absolute atomic E-state index is 0.240. The lowest BCUT2D eigenvalue weighted by atomic mass is 9.79. The van der Waals surface area contributed by atoms with Crippen molar-refractivity contribution in [3.05, 3.63) is 35.9 Å². The highest BCUT2D eigenvalue weighted by atomic mass is 16.5. The fourth-order valence-electron chi connectivity index (χ4n) is 3.14. The molecule has 0 aliphatic heterocycles. The fourth-order valence-corrected chi connectivity index (χ4v) is 3.14. The van der Waals surface area contributed by atoms with Gasteiger partial charge in [-0.15, -0.1) is 0 Å². The SMILES string of the molecule is COc1ccc(NC(C(N)=O)C2CC(C)=CC(C)C2)cc1. The van der Waals surface area contributed by atoms with Gasteiger partial charge < -0.3 is 15.8 Å². The number of rotatable bonds is 5. The van der Waals surface area contributed by atoms with E-state index in [9.17, 15) is 4.79 Å². The van der Waals surface area contributed by atoms with Crippen LogP contribution >= 0.6 is 0 Å². The molecule has 0 radical (unpaired) electrons. The van der Waals surface area contributed by atoms with E-state index in [2.05, 4.69) is 25.2 Å². The molecular weight excluding hydrogens is 264 g/mol. The molecule has 0 aromatic heterocycles. The zero-order valence-electron chi connectivity index (χ0n) is 12.9. The Morgan fingerprint density at radius 1 is 1.38 bits per heavy atom. The molecule has 1 aromatic rings. The normalized spacial score (nSPS) is 23.1. The van der Waals surface area contributed by atoms with Crippen LogP contribution in [0.15, 0.2) is 35.9 Å². The Hall–Kier alpha value is -1.97. The molecule has 4 heteroatoms. The third-order valence-corrected chi connectivity index (χ3v) is 4.02. The summed E-state index contributed by atoms with van der Waals surface area (Å²) < 4.78 is 5.14. The molecule has 1 aliphatic rings. The summed E-state index contributed by atoms with van der Waals surface area (Å²) >= 11 is 0. The predicted molar refractivity (Wildman–Crippen MR) is 85.2 cm³/mol. The lowest BCUT2D eigenvalue weighted by Crippen LogP contribution is -2.43. The highest BCUT2D eigenvalue weighted by Crippen LogP contribution is 2.31. The Kier molecular flexibility index (Phi) is 4.89. The van der Waals surface area contributed by atoms with Crippen LogP contribution in [0.25, 0.3) is 0 Å². The van der Waals surface area contributed by atoms with Crippen LogP contribution in [0.2, 0.25) is 0 Å². The average Bonchev–Trinajstić information content (AvgIpc) is 2.44. The van der Waals surface area contributed by atoms with Gasteiger partial charge in [-0.05, 0) is 55.9 Å². The first-order valence-electron chi connectivity index (χ1n) is 7.36. The lowest BCUT2D eigenvalue weighted by Gasteiger charge is -2.31. The van der Waals surface area contributed by atoms with Gasteiger partial charge in [0.05, 0.1) is 7.11 Å². The Labute approximate surface area is 126 Å². The maximum atomic E-state index is 11.9. The first-order chi connectivity index (χ1) is 9.99. The highest BCUT2D eigenvalue weighted by molar-refractivity contribution is 5.83. The van der Waals surface area contributed by atoms with Crippen LogP contribution in [0.1, 0.15) is 26.7 Å². The third kappa shape index (κ3) is 4.00. The van der Waals surface area contributed by atoms with Crippen LogP contribution < -0.4 is 15.8 Å². The third-order valence-electron chi connectivity index (χ3n) is 4.02. The summed E-state index contributed by atoms with van der Waals surface area (Å²) in [5.74, 6) is 1.23. The molecule has 21 heavy (non-hydrogen) atoms. The zero-order chi connectivity index (χ0) is 15.4. The van der Waals surface area contributed by atoms with Crippen LogP contribution in [0.5, 0.6) is 5.75 Å². The van der Waals surface area contributed by atoms with Crippen molar-refractivity contribution in [3.8, 4) is 5.75 Å². The van der Waals surface area contributed by atoms with Crippen molar-refractivity contribution >= 4 is 11.6 Å². The van der Waals surface area contributed by atoms with Crippen molar-refractivity contribution in [1.29, 1.82) is 0 Å². The van der Waals surface area contributed by atoms with E-state index in [1.54, 1.807) is 7.11 Å². The molecule has 0 saturated carbocycles. The molecule has 4 nitrogen and oxygen atoms in total. The number of primary amides is 1. The summed E-state index contributed by atoms with van der Waals surface area (Å²) in [6.45, 7) is 4.30. The largest absolute Gasteiger partial charge is 0.497 e. The van der Waals surface area contributed by atoms with Crippen LogP contribution in [0.3, 0.4) is 0 Å². The van der Waals surface area contributed by atoms with Gasteiger partial charge in [-0.3, -0.25) is 4.79 Å². The number of amides is 1. The Bertz CT molecular complexity index is 522. The number of hydrogen-bond acceptors (Lipinski definition) is 3. The van der Waals surface area contributed by atoms with Gasteiger partial charge in [0.1, 0.15) is 11.8 Å². The second-order valence-corrected chi connectivity index (χ2v) is 5.94. The quantitative estimate of drug-likeness (QED) is 0.819. The van der Waals surface area contributed by atoms with E-state index in [-0.39, 0.29) is 17.9 Å². The zero-order valence-corrected chi connectivity index (χ0v) is 12.9. The first kappa shape index (κ1) is 15.4. The fraction of sp³-hybridized carbons (Fsp3) is 0.471. The molecule has 114 valence electrons. The molecule has 3 atom stereocenters. The van der Waals surface area contributed by atoms with Gasteiger partial charge in [0.15, 0.2) is 0 Å². The number of ether oxygens (including phenoxy) is 1. The summed E-state index contributed by atoms with van der Waals surface area (Å²) in [6.07, 6.45) is 4.18. The molecule has 3 unspecified atom stereocenters. The summed E-state index contributed by atoms with van der Waals surface area (Å²) in [7, 11) is 1.63. The van der Waals surface area contributed by atoms with Gasteiger partial charge >= 0.3 is 0 Å². The van der Waals surface area contributed by atoms with Crippen LogP contribution in [-0.2, 0) is 4.79 Å². The first-order valence-corrected chi connectivity index (χ1v) is 7.36. The maximum Gasteiger partial charge on any atom is 0.240 e. The maximum absolute atomic E-state index is 11.9. The van der Waals surface area contributed by atoms with Crippen LogP contribution in [0.4, 0.5) is 5.69 Å². The number of methoxy groups -OCH3 is 1. The second kappa shape index (κ2) is 6.66. The van der Waals surface area contributed by atoms with Crippen molar-refractivity contribution in [3.63, 3.8) is 0 Å². The minimum Gasteiger partial charge on any atom is -0.497 e. The monoisotopic (exact) mass is 288 g/mol. The molecule has 0 fully saturated rings. The van der Waals surface area contributed by atoms with E-state index < -0.39 is 0 Å². The van der Waals surface area contributed by atoms with E-state index in [4.69, 9.17) is 10.5 Å². The molecular formula is C17H24N2O2. The average molecular weight is 288 g/mol. The summed E-state index contributed by atoms with van der Waals surface area (Å²) in [4.78, 5) is 11.9. The smallest absolute Gasteiger partial charge is 0.240 e. The van der Waals surface area contributed by atoms with E-state index in [1.807, 2.05) is 24.3 Å². The number of nitrogens with one attached hydrogen (secondary N) is 1. The molecule has 1 aliphatic carbocycles. The molecule has 0 heterocycles. The molecule has 0 spiro atoms. The van der Waals surface area contributed by atoms with Gasteiger partial charge in [-0.25, -0.2) is 0 Å². The number of benzene rings is 1. The molecule has 1 amide bonds. The van der Waals surface area contributed by atoms with Gasteiger partial charge in [-0.2, -0.15) is 0 Å². The van der Waals surface area contributed by atoms with Crippen molar-refractivity contribution in [2.24, 2.45) is 17.6 Å². The number of carbonyl (C=O) groups excluding carboxylic acids is 1. The van der Waals surface area contributed by atoms with Crippen LogP contribution in [0, 0.1) is 11.8 Å². The highest BCUT2D eigenvalue weighted by Gasteiger charge is 2.30. The van der Waals surface area contributed by atoms with E-state index in [1.165, 1.54) is 5.57 Å². The number of nitrogens with two attached hydrogens (primary N) is 1. The molecule has 1 aromatic carbocycles. The topological polar surface area (TPSA) is 64.3 Å². The van der Waals surface area contributed by atoms with E-state index >= 15 is 0 Å². The molecule has 0 bridgehead atoms. The lowest BCUT2D eigenvalue weighted by molar-refractivity contribution is -0.119. The van der Waals surface area contributed by atoms with E-state index in [0.717, 1.165) is 24.3 Å². The number of allylic oxidation sites excluding steroid dienone is 2. The summed E-state index contributed by atoms with van der Waals surface area (Å²) in [6, 6.07) is 7.21. The van der Waals surface area contributed by atoms with Crippen molar-refractivity contribution in [2.45, 2.75) is 32.7 Å². The number of anilines is 1. The van der Waals surface area contributed by atoms with Gasteiger partial charge in [0.25, 0.3) is 0 Å². The Morgan fingerprint density at radius 2 is 2.05 bits per heavy atom. The summed E-state index contributed by atoms with van der Waals surface area (Å²) in [5.41, 5.74) is 7.84. The Balaban J connectivity index is 2.12. The second-order valence-electron chi connectivity index (χ2n) is 5.94. The Morgan fingerprint density at radius 3 is 2.57 bits per heavy atom. The summed E-state index contributed by atoms with van der Waals surface area (Å²) in [5, 5.41) is 3.28. The van der Waals surface area contributed by atoms with Gasteiger partial charge in [-0.1, -0.05) is 18.6 Å². The van der Waals surface area contributed by atoms with E-state index in [0.29, 0.717) is 5.92 Å². The number of hydrogen-bond donors (Lipinski definition) is 2. The van der Waals surface area contributed by atoms with Crippen molar-refractivity contribution in [1.82, 2.24) is 0 Å². The standard InChI is InChI=1S/C17H24N2O2/c1-11-8-12(2)10-13(9-11)16(17(18)20)19-14-4-6-15(21-3)7-5-14/h4-8,11,13,16,19H,9-10H2,1-3H3,(H2,18,20). The van der Waals surface area contributed by atoms with Crippen LogP contribution in [-0.4, -0.2) is 19.1 Å². The number of carbonyl (C=O) groups is 1. The molecule has 2 rings (SSSR count). The predicted octanol–water partition coefficient (Wildman–Crippen LogP) is 2.95. The molecule has 0 saturated heterocycles. The van der Waals surface area contributed by atoms with Gasteiger partial charge in [0.2, 0.25) is 5.91 Å². The van der Waals surface area contributed by atoms with Crippen molar-refractivity contribution < 1.29 is 9.53 Å². The minimum atomic E-state index is -0.343. The van der Waals surface area contributed by atoms with Gasteiger partial charge in [0, 0.05) is 5.69 Å². The molecule has 3 N–H and O–H groups in total.